The Morgan fingerprint density at radius 3 is 2.93 bits per heavy atom. The number of halogens is 2. The molecule has 0 saturated heterocycles. The van der Waals surface area contributed by atoms with Crippen LogP contribution in [-0.2, 0) is 16.0 Å². The Hall–Kier alpha value is -1.09. The number of carbonyl (C=O) groups is 1. The normalized spacial score (nSPS) is 9.93. The van der Waals surface area contributed by atoms with Crippen LogP contribution in [0.1, 0.15) is 12.0 Å². The van der Waals surface area contributed by atoms with Crippen molar-refractivity contribution in [2.24, 2.45) is 0 Å². The molecule has 0 fully saturated rings. The minimum atomic E-state index is -0.460. The molecule has 0 saturated carbocycles. The predicted molar refractivity (Wildman–Crippen MR) is 51.7 cm³/mol. The lowest BCUT2D eigenvalue weighted by Crippen LogP contribution is -2.03. The first kappa shape index (κ1) is 11.0. The lowest BCUT2D eigenvalue weighted by Gasteiger charge is -2.03. The summed E-state index contributed by atoms with van der Waals surface area (Å²) in [6, 6.07) is 4.72. The highest BCUT2D eigenvalue weighted by Gasteiger charge is 2.08. The maximum absolute atomic E-state index is 13.3. The molecule has 0 aliphatic heterocycles. The zero-order valence-electron chi connectivity index (χ0n) is 7.72. The van der Waals surface area contributed by atoms with Crippen LogP contribution in [-0.4, -0.2) is 13.1 Å². The monoisotopic (exact) mass is 216 g/mol. The van der Waals surface area contributed by atoms with Gasteiger partial charge in [0.1, 0.15) is 5.82 Å². The van der Waals surface area contributed by atoms with Gasteiger partial charge in [-0.05, 0) is 18.1 Å². The molecule has 0 atom stereocenters. The number of carbonyl (C=O) groups excluding carboxylic acids is 1. The summed E-state index contributed by atoms with van der Waals surface area (Å²) in [6.07, 6.45) is 0.465. The second kappa shape index (κ2) is 4.96. The summed E-state index contributed by atoms with van der Waals surface area (Å²) >= 11 is 5.57. The first-order chi connectivity index (χ1) is 6.65. The van der Waals surface area contributed by atoms with Gasteiger partial charge in [0, 0.05) is 6.42 Å². The third-order valence-electron chi connectivity index (χ3n) is 1.86. The fourth-order valence-corrected chi connectivity index (χ4v) is 1.27. The Balaban J connectivity index is 2.68. The van der Waals surface area contributed by atoms with Crippen LogP contribution >= 0.6 is 11.6 Å². The SMILES string of the molecule is COC(=O)CCc1cccc(Cl)c1F. The van der Waals surface area contributed by atoms with Gasteiger partial charge in [-0.2, -0.15) is 0 Å². The van der Waals surface area contributed by atoms with Gasteiger partial charge in [0.15, 0.2) is 0 Å². The molecular weight excluding hydrogens is 207 g/mol. The Morgan fingerprint density at radius 2 is 2.29 bits per heavy atom. The Morgan fingerprint density at radius 1 is 1.57 bits per heavy atom. The van der Waals surface area contributed by atoms with Gasteiger partial charge >= 0.3 is 5.97 Å². The van der Waals surface area contributed by atoms with E-state index in [2.05, 4.69) is 4.74 Å². The van der Waals surface area contributed by atoms with E-state index in [0.29, 0.717) is 12.0 Å². The second-order valence-corrected chi connectivity index (χ2v) is 3.20. The fraction of sp³-hybridized carbons (Fsp3) is 0.300. The van der Waals surface area contributed by atoms with Crippen LogP contribution in [0.5, 0.6) is 0 Å². The average molecular weight is 217 g/mol. The van der Waals surface area contributed by atoms with Gasteiger partial charge in [-0.15, -0.1) is 0 Å². The molecule has 0 unspecified atom stereocenters. The van der Waals surface area contributed by atoms with Crippen LogP contribution in [0.25, 0.3) is 0 Å². The summed E-state index contributed by atoms with van der Waals surface area (Å²) in [6.45, 7) is 0. The fourth-order valence-electron chi connectivity index (χ4n) is 1.08. The Bertz CT molecular complexity index is 339. The van der Waals surface area contributed by atoms with Crippen LogP contribution in [0.15, 0.2) is 18.2 Å². The first-order valence-electron chi connectivity index (χ1n) is 4.15. The highest BCUT2D eigenvalue weighted by Crippen LogP contribution is 2.18. The molecule has 1 aromatic rings. The third-order valence-corrected chi connectivity index (χ3v) is 2.15. The van der Waals surface area contributed by atoms with Crippen LogP contribution in [0.4, 0.5) is 4.39 Å². The van der Waals surface area contributed by atoms with Crippen molar-refractivity contribution in [3.63, 3.8) is 0 Å². The topological polar surface area (TPSA) is 26.3 Å². The molecule has 1 aromatic carbocycles. The number of hydrogen-bond acceptors (Lipinski definition) is 2. The zero-order chi connectivity index (χ0) is 10.6. The molecule has 1 rings (SSSR count). The lowest BCUT2D eigenvalue weighted by atomic mass is 10.1. The summed E-state index contributed by atoms with van der Waals surface area (Å²) in [4.78, 5) is 10.8. The first-order valence-corrected chi connectivity index (χ1v) is 4.52. The highest BCUT2D eigenvalue weighted by atomic mass is 35.5. The number of hydrogen-bond donors (Lipinski definition) is 0. The maximum Gasteiger partial charge on any atom is 0.305 e. The van der Waals surface area contributed by atoms with Gasteiger partial charge in [-0.1, -0.05) is 23.7 Å². The van der Waals surface area contributed by atoms with Crippen molar-refractivity contribution in [2.45, 2.75) is 12.8 Å². The van der Waals surface area contributed by atoms with Crippen molar-refractivity contribution in [2.75, 3.05) is 7.11 Å². The van der Waals surface area contributed by atoms with Crippen LogP contribution in [0.2, 0.25) is 5.02 Å². The quantitative estimate of drug-likeness (QED) is 0.726. The van der Waals surface area contributed by atoms with Crippen molar-refractivity contribution in [3.05, 3.63) is 34.6 Å². The molecule has 0 aliphatic rings. The summed E-state index contributed by atoms with van der Waals surface area (Å²) < 4.78 is 17.7. The maximum atomic E-state index is 13.3. The Kier molecular flexibility index (Phi) is 3.89. The van der Waals surface area contributed by atoms with E-state index in [1.54, 1.807) is 12.1 Å². The van der Waals surface area contributed by atoms with Gasteiger partial charge in [0.25, 0.3) is 0 Å². The average Bonchev–Trinajstić information content (AvgIpc) is 2.20. The van der Waals surface area contributed by atoms with E-state index < -0.39 is 5.82 Å². The molecule has 76 valence electrons. The van der Waals surface area contributed by atoms with Crippen molar-refractivity contribution >= 4 is 17.6 Å². The summed E-state index contributed by atoms with van der Waals surface area (Å²) in [7, 11) is 1.30. The van der Waals surface area contributed by atoms with E-state index in [-0.39, 0.29) is 17.4 Å². The number of aryl methyl sites for hydroxylation is 1. The molecule has 2 nitrogen and oxygen atoms in total. The van der Waals surface area contributed by atoms with Gasteiger partial charge in [-0.3, -0.25) is 4.79 Å². The molecule has 0 aliphatic carbocycles. The predicted octanol–water partition coefficient (Wildman–Crippen LogP) is 2.58. The molecule has 0 spiro atoms. The van der Waals surface area contributed by atoms with E-state index in [1.807, 2.05) is 0 Å². The van der Waals surface area contributed by atoms with E-state index in [0.717, 1.165) is 0 Å². The third kappa shape index (κ3) is 2.70. The number of rotatable bonds is 3. The van der Waals surface area contributed by atoms with Crippen LogP contribution in [0.3, 0.4) is 0 Å². The second-order valence-electron chi connectivity index (χ2n) is 2.79. The number of esters is 1. The van der Waals surface area contributed by atoms with E-state index >= 15 is 0 Å². The zero-order valence-corrected chi connectivity index (χ0v) is 8.47. The standard InChI is InChI=1S/C10H10ClFO2/c1-14-9(13)6-5-7-3-2-4-8(11)10(7)12/h2-4H,5-6H2,1H3. The molecule has 0 heterocycles. The minimum absolute atomic E-state index is 0.0763. The minimum Gasteiger partial charge on any atom is -0.469 e. The molecule has 0 bridgehead atoms. The van der Waals surface area contributed by atoms with Crippen molar-refractivity contribution < 1.29 is 13.9 Å². The number of methoxy groups -OCH3 is 1. The van der Waals surface area contributed by atoms with Crippen molar-refractivity contribution in [1.29, 1.82) is 0 Å². The molecule has 0 N–H and O–H groups in total. The van der Waals surface area contributed by atoms with Gasteiger partial charge < -0.3 is 4.74 Å². The molecule has 14 heavy (non-hydrogen) atoms. The molecule has 4 heteroatoms. The molecule has 0 radical (unpaired) electrons. The van der Waals surface area contributed by atoms with Crippen LogP contribution < -0.4 is 0 Å². The van der Waals surface area contributed by atoms with E-state index in [1.165, 1.54) is 13.2 Å². The van der Waals surface area contributed by atoms with Gasteiger partial charge in [0.05, 0.1) is 12.1 Å². The molecule has 0 aromatic heterocycles. The van der Waals surface area contributed by atoms with Crippen LogP contribution in [0, 0.1) is 5.82 Å². The summed E-state index contributed by atoms with van der Waals surface area (Å²) in [5.74, 6) is -0.817. The van der Waals surface area contributed by atoms with Crippen molar-refractivity contribution in [3.8, 4) is 0 Å². The summed E-state index contributed by atoms with van der Waals surface area (Å²) in [5.41, 5.74) is 0.433. The highest BCUT2D eigenvalue weighted by molar-refractivity contribution is 6.30. The van der Waals surface area contributed by atoms with Crippen molar-refractivity contribution in [1.82, 2.24) is 0 Å². The van der Waals surface area contributed by atoms with Gasteiger partial charge in [0.2, 0.25) is 0 Å². The largest absolute Gasteiger partial charge is 0.469 e. The Labute approximate surface area is 86.6 Å². The van der Waals surface area contributed by atoms with Gasteiger partial charge in [-0.25, -0.2) is 4.39 Å². The molecule has 0 amide bonds. The summed E-state index contributed by atoms with van der Waals surface area (Å²) in [5, 5.41) is 0.0763. The van der Waals surface area contributed by atoms with E-state index in [9.17, 15) is 9.18 Å². The van der Waals surface area contributed by atoms with E-state index in [4.69, 9.17) is 11.6 Å². The number of benzene rings is 1. The number of ether oxygens (including phenoxy) is 1. The molecular formula is C10H10ClFO2. The smallest absolute Gasteiger partial charge is 0.305 e. The lowest BCUT2D eigenvalue weighted by molar-refractivity contribution is -0.140.